The molecular weight excluding hydrogens is 496 g/mol. The van der Waals surface area contributed by atoms with Crippen molar-refractivity contribution in [1.29, 1.82) is 0 Å². The van der Waals surface area contributed by atoms with E-state index in [2.05, 4.69) is 13.8 Å². The monoisotopic (exact) mass is 538 g/mol. The molecule has 1 heterocycles. The summed E-state index contributed by atoms with van der Waals surface area (Å²) in [5.74, 6) is -0.884. The van der Waals surface area contributed by atoms with E-state index in [1.54, 1.807) is 0 Å². The summed E-state index contributed by atoms with van der Waals surface area (Å²) in [6.45, 7) is 6.07. The maximum atomic E-state index is 13.8. The number of aliphatic hydroxyl groups excluding tert-OH is 4. The van der Waals surface area contributed by atoms with Crippen molar-refractivity contribution in [2.24, 2.45) is 46.3 Å². The second-order valence-electron chi connectivity index (χ2n) is 13.3. The number of ether oxygens (including phenoxy) is 2. The minimum atomic E-state index is -1.83. The molecule has 5 fully saturated rings. The van der Waals surface area contributed by atoms with Crippen LogP contribution in [0.5, 0.6) is 0 Å². The number of carbonyl (C=O) groups excluding carboxylic acids is 2. The molecule has 5 rings (SSSR count). The Morgan fingerprint density at radius 2 is 1.68 bits per heavy atom. The molecule has 4 aliphatic carbocycles. The summed E-state index contributed by atoms with van der Waals surface area (Å²) in [4.78, 5) is 38.6. The van der Waals surface area contributed by atoms with Gasteiger partial charge >= 0.3 is 5.97 Å². The summed E-state index contributed by atoms with van der Waals surface area (Å²) in [6.07, 6.45) is -4.01. The molecule has 0 aromatic rings. The van der Waals surface area contributed by atoms with Crippen LogP contribution in [0.15, 0.2) is 0 Å². The van der Waals surface area contributed by atoms with Crippen molar-refractivity contribution in [3.05, 3.63) is 0 Å². The SMILES string of the molecule is C[C@H]1CC2C3CC[C@H](C(=O)COC4O[C@H](C(=O)O)[C@@H](O)[C@@H](O)[C@H]4O)[C@@]3(C)CC(=O)C2[C@@]2(C)CC[C@@H](O)C[C@@H]12. The predicted molar refractivity (Wildman–Crippen MR) is 131 cm³/mol. The number of fused-ring (bicyclic) bond motifs is 5. The van der Waals surface area contributed by atoms with Gasteiger partial charge in [0.2, 0.25) is 0 Å². The van der Waals surface area contributed by atoms with Crippen molar-refractivity contribution in [2.75, 3.05) is 6.61 Å². The van der Waals surface area contributed by atoms with Gasteiger partial charge < -0.3 is 35.0 Å². The molecule has 5 N–H and O–H groups in total. The molecule has 0 bridgehead atoms. The van der Waals surface area contributed by atoms with E-state index >= 15 is 0 Å². The Kier molecular flexibility index (Phi) is 7.31. The molecule has 0 radical (unpaired) electrons. The van der Waals surface area contributed by atoms with Crippen molar-refractivity contribution >= 4 is 17.5 Å². The van der Waals surface area contributed by atoms with Gasteiger partial charge in [-0.3, -0.25) is 9.59 Å². The van der Waals surface area contributed by atoms with Crippen LogP contribution in [-0.4, -0.2) is 86.5 Å². The first-order valence-corrected chi connectivity index (χ1v) is 14.1. The first-order chi connectivity index (χ1) is 17.8. The molecule has 10 nitrogen and oxygen atoms in total. The molecule has 10 heteroatoms. The van der Waals surface area contributed by atoms with E-state index < -0.39 is 54.6 Å². The molecule has 214 valence electrons. The maximum Gasteiger partial charge on any atom is 0.335 e. The highest BCUT2D eigenvalue weighted by Gasteiger charge is 2.65. The van der Waals surface area contributed by atoms with Gasteiger partial charge in [0.15, 0.2) is 18.2 Å². The number of rotatable bonds is 5. The van der Waals surface area contributed by atoms with Crippen LogP contribution in [0.1, 0.15) is 65.7 Å². The Bertz CT molecular complexity index is 969. The number of carboxylic acid groups (broad SMARTS) is 1. The fourth-order valence-electron chi connectivity index (χ4n) is 9.52. The lowest BCUT2D eigenvalue weighted by atomic mass is 9.42. The predicted octanol–water partition coefficient (Wildman–Crippen LogP) is 0.909. The van der Waals surface area contributed by atoms with E-state index in [9.17, 15) is 39.9 Å². The fourth-order valence-corrected chi connectivity index (χ4v) is 9.52. The number of hydrogen-bond acceptors (Lipinski definition) is 9. The summed E-state index contributed by atoms with van der Waals surface area (Å²) in [6, 6.07) is 0. The largest absolute Gasteiger partial charge is 0.479 e. The van der Waals surface area contributed by atoms with E-state index in [-0.39, 0.29) is 40.8 Å². The highest BCUT2D eigenvalue weighted by atomic mass is 16.7. The Morgan fingerprint density at radius 3 is 2.37 bits per heavy atom. The van der Waals surface area contributed by atoms with Crippen LogP contribution in [0.4, 0.5) is 0 Å². The van der Waals surface area contributed by atoms with Gasteiger partial charge in [-0.25, -0.2) is 4.79 Å². The van der Waals surface area contributed by atoms with Gasteiger partial charge in [-0.15, -0.1) is 0 Å². The Morgan fingerprint density at radius 1 is 0.974 bits per heavy atom. The highest BCUT2D eigenvalue weighted by molar-refractivity contribution is 5.88. The molecule has 0 aromatic carbocycles. The summed E-state index contributed by atoms with van der Waals surface area (Å²) in [5, 5.41) is 49.7. The second-order valence-corrected chi connectivity index (χ2v) is 13.3. The van der Waals surface area contributed by atoms with Crippen LogP contribution in [0.25, 0.3) is 0 Å². The van der Waals surface area contributed by atoms with E-state index in [4.69, 9.17) is 9.47 Å². The zero-order valence-electron chi connectivity index (χ0n) is 22.4. The smallest absolute Gasteiger partial charge is 0.335 e. The molecule has 4 unspecified atom stereocenters. The van der Waals surface area contributed by atoms with Crippen LogP contribution >= 0.6 is 0 Å². The molecule has 0 aromatic heterocycles. The topological polar surface area (TPSA) is 171 Å². The van der Waals surface area contributed by atoms with Gasteiger partial charge in [0, 0.05) is 18.3 Å². The quantitative estimate of drug-likeness (QED) is 0.339. The third kappa shape index (κ3) is 4.27. The van der Waals surface area contributed by atoms with Gasteiger partial charge in [0.05, 0.1) is 6.10 Å². The molecular formula is C28H42O10. The second kappa shape index (κ2) is 9.89. The van der Waals surface area contributed by atoms with Crippen LogP contribution in [0.3, 0.4) is 0 Å². The molecule has 14 atom stereocenters. The zero-order valence-corrected chi connectivity index (χ0v) is 22.4. The highest BCUT2D eigenvalue weighted by Crippen LogP contribution is 2.67. The summed E-state index contributed by atoms with van der Waals surface area (Å²) in [5.41, 5.74) is -0.646. The number of aliphatic carboxylic acids is 1. The number of ketones is 2. The third-order valence-electron chi connectivity index (χ3n) is 11.3. The summed E-state index contributed by atoms with van der Waals surface area (Å²) >= 11 is 0. The Labute approximate surface area is 222 Å². The van der Waals surface area contributed by atoms with Crippen molar-refractivity contribution in [1.82, 2.24) is 0 Å². The molecule has 38 heavy (non-hydrogen) atoms. The minimum absolute atomic E-state index is 0.0500. The maximum absolute atomic E-state index is 13.8. The Hall–Kier alpha value is -1.43. The van der Waals surface area contributed by atoms with Gasteiger partial charge in [-0.2, -0.15) is 0 Å². The third-order valence-corrected chi connectivity index (χ3v) is 11.3. The minimum Gasteiger partial charge on any atom is -0.479 e. The van der Waals surface area contributed by atoms with E-state index in [0.717, 1.165) is 32.1 Å². The summed E-state index contributed by atoms with van der Waals surface area (Å²) < 4.78 is 10.6. The number of aliphatic hydroxyl groups is 4. The number of carboxylic acids is 1. The number of carbonyl (C=O) groups is 3. The van der Waals surface area contributed by atoms with Crippen molar-refractivity contribution in [3.63, 3.8) is 0 Å². The average Bonchev–Trinajstić information content (AvgIpc) is 3.19. The van der Waals surface area contributed by atoms with Crippen molar-refractivity contribution in [3.8, 4) is 0 Å². The summed E-state index contributed by atoms with van der Waals surface area (Å²) in [7, 11) is 0. The van der Waals surface area contributed by atoms with Crippen LogP contribution < -0.4 is 0 Å². The van der Waals surface area contributed by atoms with Crippen molar-refractivity contribution < 1.29 is 49.4 Å². The zero-order chi connectivity index (χ0) is 27.7. The average molecular weight is 539 g/mol. The first-order valence-electron chi connectivity index (χ1n) is 14.1. The molecule has 4 saturated carbocycles. The van der Waals surface area contributed by atoms with Crippen molar-refractivity contribution in [2.45, 2.75) is 103 Å². The molecule has 1 aliphatic heterocycles. The standard InChI is InChI=1S/C28H42O10/c1-12-8-14-15-4-5-16(19(31)11-37-26-23(34)21(32)22(33)24(38-26)25(35)36)28(15,3)10-18(30)20(14)27(2)7-6-13(29)9-17(12)27/h12-17,20-24,26,29,32-34H,4-11H2,1-3H3,(H,35,36)/t12-,13+,14?,15?,16+,17-,20?,21+,22-,23+,24-,26?,27-,28-/m0/s1. The fraction of sp³-hybridized carbons (Fsp3) is 0.893. The van der Waals surface area contributed by atoms with E-state index in [0.29, 0.717) is 24.7 Å². The first kappa shape index (κ1) is 28.1. The van der Waals surface area contributed by atoms with Gasteiger partial charge in [-0.1, -0.05) is 20.8 Å². The molecule has 0 amide bonds. The van der Waals surface area contributed by atoms with Gasteiger partial charge in [-0.05, 0) is 73.0 Å². The lowest BCUT2D eigenvalue weighted by molar-refractivity contribution is -0.292. The molecule has 5 aliphatic rings. The number of hydrogen-bond donors (Lipinski definition) is 5. The van der Waals surface area contributed by atoms with Gasteiger partial charge in [0.1, 0.15) is 30.7 Å². The van der Waals surface area contributed by atoms with E-state index in [1.165, 1.54) is 0 Å². The van der Waals surface area contributed by atoms with Crippen LogP contribution in [0.2, 0.25) is 0 Å². The lowest BCUT2D eigenvalue weighted by Gasteiger charge is -2.61. The normalized spacial score (nSPS) is 52.6. The molecule has 0 spiro atoms. The van der Waals surface area contributed by atoms with Crippen LogP contribution in [-0.2, 0) is 23.9 Å². The van der Waals surface area contributed by atoms with Gasteiger partial charge in [0.25, 0.3) is 0 Å². The lowest BCUT2D eigenvalue weighted by Crippen LogP contribution is -2.61. The Balaban J connectivity index is 1.30. The van der Waals surface area contributed by atoms with Crippen LogP contribution in [0, 0.1) is 46.3 Å². The molecule has 1 saturated heterocycles. The number of Topliss-reactive ketones (excluding diaryl/α,β-unsaturated/α-hetero) is 2. The van der Waals surface area contributed by atoms with E-state index in [1.807, 2.05) is 6.92 Å².